The number of furan rings is 1. The Morgan fingerprint density at radius 2 is 1.90 bits per heavy atom. The van der Waals surface area contributed by atoms with E-state index in [9.17, 15) is 28.1 Å². The second-order valence-corrected chi connectivity index (χ2v) is 5.59. The highest BCUT2D eigenvalue weighted by molar-refractivity contribution is 5.76. The molecule has 0 saturated heterocycles. The molecular formula is C18H9F3N4O4. The molecule has 3 aromatic rings. The van der Waals surface area contributed by atoms with E-state index in [2.05, 4.69) is 5.10 Å². The maximum atomic E-state index is 13.4. The lowest BCUT2D eigenvalue weighted by Gasteiger charge is -2.14. The number of nitriles is 1. The van der Waals surface area contributed by atoms with Crippen LogP contribution in [0.2, 0.25) is 0 Å². The van der Waals surface area contributed by atoms with Crippen molar-refractivity contribution in [3.63, 3.8) is 0 Å². The van der Waals surface area contributed by atoms with E-state index in [4.69, 9.17) is 9.68 Å². The second kappa shape index (κ2) is 7.43. The van der Waals surface area contributed by atoms with Gasteiger partial charge in [0.1, 0.15) is 16.6 Å². The second-order valence-electron chi connectivity index (χ2n) is 5.59. The maximum absolute atomic E-state index is 13.4. The van der Waals surface area contributed by atoms with Gasteiger partial charge >= 0.3 is 12.1 Å². The number of alkyl halides is 3. The van der Waals surface area contributed by atoms with Gasteiger partial charge in [0.15, 0.2) is 5.76 Å². The Labute approximate surface area is 159 Å². The highest BCUT2D eigenvalue weighted by Crippen LogP contribution is 2.33. The zero-order chi connectivity index (χ0) is 21.2. The highest BCUT2D eigenvalue weighted by Gasteiger charge is 2.36. The lowest BCUT2D eigenvalue weighted by molar-refractivity contribution is -0.402. The van der Waals surface area contributed by atoms with Gasteiger partial charge in [-0.3, -0.25) is 14.9 Å². The van der Waals surface area contributed by atoms with Crippen molar-refractivity contribution in [3.8, 4) is 17.3 Å². The summed E-state index contributed by atoms with van der Waals surface area (Å²) in [5, 5.41) is 23.6. The van der Waals surface area contributed by atoms with Gasteiger partial charge in [-0.25, -0.2) is 0 Å². The minimum Gasteiger partial charge on any atom is -0.400 e. The fourth-order valence-electron chi connectivity index (χ4n) is 2.49. The van der Waals surface area contributed by atoms with Gasteiger partial charge in [0.25, 0.3) is 5.56 Å². The molecule has 146 valence electrons. The number of hydrogen-bond acceptors (Lipinski definition) is 6. The van der Waals surface area contributed by atoms with Crippen molar-refractivity contribution in [2.75, 3.05) is 0 Å². The smallest absolute Gasteiger partial charge is 0.400 e. The molecule has 11 heteroatoms. The van der Waals surface area contributed by atoms with Crippen molar-refractivity contribution in [1.29, 1.82) is 5.26 Å². The SMILES string of the molecule is N#Cc1c(C(F)(F)F)cc(-c2ccccc2)n(N=Cc2ccc([N+](=O)[O-])o2)c1=O. The Morgan fingerprint density at radius 1 is 1.21 bits per heavy atom. The number of benzene rings is 1. The summed E-state index contributed by atoms with van der Waals surface area (Å²) >= 11 is 0. The van der Waals surface area contributed by atoms with E-state index < -0.39 is 33.7 Å². The van der Waals surface area contributed by atoms with E-state index in [1.165, 1.54) is 24.3 Å². The molecule has 0 spiro atoms. The van der Waals surface area contributed by atoms with Crippen molar-refractivity contribution >= 4 is 12.1 Å². The van der Waals surface area contributed by atoms with Gasteiger partial charge in [-0.2, -0.15) is 28.2 Å². The average molecular weight is 402 g/mol. The number of nitro groups is 1. The van der Waals surface area contributed by atoms with Crippen LogP contribution >= 0.6 is 0 Å². The van der Waals surface area contributed by atoms with Crippen molar-refractivity contribution in [2.24, 2.45) is 5.10 Å². The molecule has 0 saturated carbocycles. The van der Waals surface area contributed by atoms with Gasteiger partial charge in [0, 0.05) is 5.56 Å². The number of hydrogen-bond donors (Lipinski definition) is 0. The predicted molar refractivity (Wildman–Crippen MR) is 94.2 cm³/mol. The zero-order valence-corrected chi connectivity index (χ0v) is 14.3. The van der Waals surface area contributed by atoms with Gasteiger partial charge in [0.2, 0.25) is 0 Å². The van der Waals surface area contributed by atoms with E-state index in [0.29, 0.717) is 10.7 Å². The summed E-state index contributed by atoms with van der Waals surface area (Å²) in [6.45, 7) is 0. The molecule has 1 aromatic carbocycles. The molecule has 8 nitrogen and oxygen atoms in total. The third-order valence-electron chi connectivity index (χ3n) is 3.76. The van der Waals surface area contributed by atoms with Gasteiger partial charge in [0.05, 0.1) is 23.5 Å². The Morgan fingerprint density at radius 3 is 2.45 bits per heavy atom. The van der Waals surface area contributed by atoms with E-state index in [1.807, 2.05) is 0 Å². The quantitative estimate of drug-likeness (QED) is 0.374. The highest BCUT2D eigenvalue weighted by atomic mass is 19.4. The molecule has 2 aromatic heterocycles. The molecule has 0 radical (unpaired) electrons. The van der Waals surface area contributed by atoms with Crippen molar-refractivity contribution in [2.45, 2.75) is 6.18 Å². The summed E-state index contributed by atoms with van der Waals surface area (Å²) in [7, 11) is 0. The molecule has 2 heterocycles. The molecule has 0 aliphatic heterocycles. The van der Waals surface area contributed by atoms with Crippen LogP contribution in [0.4, 0.5) is 19.1 Å². The minimum absolute atomic E-state index is 0.110. The molecule has 0 amide bonds. The topological polar surface area (TPSA) is 114 Å². The number of pyridine rings is 1. The zero-order valence-electron chi connectivity index (χ0n) is 14.3. The van der Waals surface area contributed by atoms with Gasteiger partial charge in [-0.15, -0.1) is 0 Å². The predicted octanol–water partition coefficient (Wildman–Crippen LogP) is 3.79. The van der Waals surface area contributed by atoms with Crippen LogP contribution in [-0.4, -0.2) is 15.8 Å². The normalized spacial score (nSPS) is 11.5. The summed E-state index contributed by atoms with van der Waals surface area (Å²) in [6.07, 6.45) is -4.01. The van der Waals surface area contributed by atoms with Gasteiger partial charge in [-0.1, -0.05) is 30.3 Å². The number of nitrogens with zero attached hydrogens (tertiary/aromatic N) is 4. The van der Waals surface area contributed by atoms with Crippen molar-refractivity contribution < 1.29 is 22.5 Å². The van der Waals surface area contributed by atoms with Crippen molar-refractivity contribution in [1.82, 2.24) is 4.68 Å². The first-order chi connectivity index (χ1) is 13.7. The fraction of sp³-hybridized carbons (Fsp3) is 0.0556. The molecular weight excluding hydrogens is 393 g/mol. The van der Waals surface area contributed by atoms with Crippen LogP contribution in [0.5, 0.6) is 0 Å². The van der Waals surface area contributed by atoms with Crippen LogP contribution in [0.25, 0.3) is 11.3 Å². The molecule has 0 unspecified atom stereocenters. The van der Waals surface area contributed by atoms with Crippen LogP contribution in [0.1, 0.15) is 16.9 Å². The van der Waals surface area contributed by atoms with Crippen LogP contribution in [0.3, 0.4) is 0 Å². The summed E-state index contributed by atoms with van der Waals surface area (Å²) < 4.78 is 45.6. The molecule has 0 aliphatic carbocycles. The first-order valence-corrected chi connectivity index (χ1v) is 7.83. The molecule has 0 N–H and O–H groups in total. The van der Waals surface area contributed by atoms with E-state index in [1.54, 1.807) is 18.2 Å². The first-order valence-electron chi connectivity index (χ1n) is 7.83. The lowest BCUT2D eigenvalue weighted by atomic mass is 10.0. The summed E-state index contributed by atoms with van der Waals surface area (Å²) in [6, 6.07) is 11.8. The molecule has 0 atom stereocenters. The van der Waals surface area contributed by atoms with E-state index in [0.717, 1.165) is 12.3 Å². The Balaban J connectivity index is 2.24. The molecule has 0 bridgehead atoms. The average Bonchev–Trinajstić information content (AvgIpc) is 3.15. The van der Waals surface area contributed by atoms with Crippen molar-refractivity contribution in [3.05, 3.63) is 85.9 Å². The first kappa shape index (κ1) is 19.6. The Hall–Kier alpha value is -4.20. The minimum atomic E-state index is -4.93. The van der Waals surface area contributed by atoms with Crippen LogP contribution < -0.4 is 5.56 Å². The molecule has 3 rings (SSSR count). The number of rotatable bonds is 4. The van der Waals surface area contributed by atoms with Gasteiger partial charge < -0.3 is 4.42 Å². The van der Waals surface area contributed by atoms with Crippen LogP contribution in [-0.2, 0) is 6.18 Å². The standard InChI is InChI=1S/C18H9F3N4O4/c19-18(20,21)14-8-15(11-4-2-1-3-5-11)24(17(26)13(14)9-22)23-10-12-6-7-16(29-12)25(27)28/h1-8,10H. The summed E-state index contributed by atoms with van der Waals surface area (Å²) in [5.74, 6) is -0.687. The van der Waals surface area contributed by atoms with E-state index >= 15 is 0 Å². The molecule has 0 fully saturated rings. The Bertz CT molecular complexity index is 1200. The molecule has 29 heavy (non-hydrogen) atoms. The van der Waals surface area contributed by atoms with Crippen LogP contribution in [0, 0.1) is 21.4 Å². The van der Waals surface area contributed by atoms with Gasteiger partial charge in [-0.05, 0) is 12.1 Å². The summed E-state index contributed by atoms with van der Waals surface area (Å²) in [5.41, 5.74) is -3.79. The monoisotopic (exact) mass is 402 g/mol. The number of aromatic nitrogens is 1. The lowest BCUT2D eigenvalue weighted by Crippen LogP contribution is -2.26. The third-order valence-corrected chi connectivity index (χ3v) is 3.76. The Kier molecular flexibility index (Phi) is 5.01. The van der Waals surface area contributed by atoms with Crippen LogP contribution in [0.15, 0.2) is 62.8 Å². The van der Waals surface area contributed by atoms with E-state index in [-0.39, 0.29) is 17.0 Å². The maximum Gasteiger partial charge on any atom is 0.433 e. The summed E-state index contributed by atoms with van der Waals surface area (Å²) in [4.78, 5) is 22.5. The number of halogens is 3. The largest absolute Gasteiger partial charge is 0.433 e. The fourth-order valence-corrected chi connectivity index (χ4v) is 2.49. The third kappa shape index (κ3) is 3.91. The molecule has 0 aliphatic rings.